The summed E-state index contributed by atoms with van der Waals surface area (Å²) in [5.41, 5.74) is 6.95. The first-order valence-electron chi connectivity index (χ1n) is 11.1. The molecule has 0 amide bonds. The Morgan fingerprint density at radius 1 is 1.03 bits per heavy atom. The van der Waals surface area contributed by atoms with E-state index in [-0.39, 0.29) is 0 Å². The predicted octanol–water partition coefficient (Wildman–Crippen LogP) is 6.12. The molecular weight excluding hydrogens is 410 g/mol. The maximum atomic E-state index is 5.06. The summed E-state index contributed by atoms with van der Waals surface area (Å²) in [6.07, 6.45) is 7.07. The van der Waals surface area contributed by atoms with Crippen LogP contribution in [0.5, 0.6) is 5.75 Å². The first-order valence-corrected chi connectivity index (χ1v) is 11.1. The van der Waals surface area contributed by atoms with Crippen molar-refractivity contribution in [1.29, 1.82) is 0 Å². The number of nitrogens with one attached hydrogen (secondary N) is 1. The van der Waals surface area contributed by atoms with E-state index in [0.717, 1.165) is 29.0 Å². The number of benzene rings is 2. The Morgan fingerprint density at radius 2 is 1.82 bits per heavy atom. The summed E-state index contributed by atoms with van der Waals surface area (Å²) < 4.78 is 5.06. The number of H-pyrrole nitrogens is 1. The summed E-state index contributed by atoms with van der Waals surface area (Å²) in [4.78, 5) is 4.48. The lowest BCUT2D eigenvalue weighted by Gasteiger charge is -2.10. The molecule has 4 aromatic rings. The standard InChI is InChI=1S/C18H19N5.C9H12O/c1-12(2)16-10-11-19-17(13(16)3)9-6-14-4-7-15(8-5-14)18-20-22-23-21-18;1-3-8-5-4-6-9(7-8)10-2/h4-12H,1-3H3,(H,20,21,22,23);4-7H,3H2,1-2H3/b9-6+;. The van der Waals surface area contributed by atoms with Crippen LogP contribution in [0.15, 0.2) is 60.8 Å². The van der Waals surface area contributed by atoms with Gasteiger partial charge in [0.25, 0.3) is 0 Å². The summed E-state index contributed by atoms with van der Waals surface area (Å²) in [7, 11) is 1.69. The third-order valence-electron chi connectivity index (χ3n) is 5.40. The van der Waals surface area contributed by atoms with Crippen LogP contribution in [-0.2, 0) is 6.42 Å². The summed E-state index contributed by atoms with van der Waals surface area (Å²) in [5.74, 6) is 2.04. The van der Waals surface area contributed by atoms with E-state index < -0.39 is 0 Å². The van der Waals surface area contributed by atoms with Crippen LogP contribution in [0.3, 0.4) is 0 Å². The highest BCUT2D eigenvalue weighted by Gasteiger charge is 2.06. The summed E-state index contributed by atoms with van der Waals surface area (Å²) in [6.45, 7) is 8.66. The van der Waals surface area contributed by atoms with E-state index in [1.54, 1.807) is 7.11 Å². The first kappa shape index (κ1) is 23.9. The van der Waals surface area contributed by atoms with Crippen molar-refractivity contribution in [3.8, 4) is 17.1 Å². The predicted molar refractivity (Wildman–Crippen MR) is 134 cm³/mol. The minimum absolute atomic E-state index is 0.499. The zero-order valence-corrected chi connectivity index (χ0v) is 19.9. The lowest BCUT2D eigenvalue weighted by atomic mass is 9.97. The summed E-state index contributed by atoms with van der Waals surface area (Å²) in [5, 5.41) is 14.0. The van der Waals surface area contributed by atoms with Gasteiger partial charge in [-0.25, -0.2) is 0 Å². The molecule has 0 saturated heterocycles. The highest BCUT2D eigenvalue weighted by atomic mass is 16.5. The van der Waals surface area contributed by atoms with Gasteiger partial charge in [-0.05, 0) is 71.0 Å². The van der Waals surface area contributed by atoms with E-state index in [2.05, 4.69) is 83.7 Å². The van der Waals surface area contributed by atoms with E-state index in [1.165, 1.54) is 16.7 Å². The molecular formula is C27H31N5O. The van der Waals surface area contributed by atoms with E-state index in [0.29, 0.717) is 11.7 Å². The molecule has 0 spiro atoms. The number of rotatable bonds is 6. The van der Waals surface area contributed by atoms with Crippen molar-refractivity contribution < 1.29 is 4.74 Å². The van der Waals surface area contributed by atoms with Crippen molar-refractivity contribution in [3.05, 3.63) is 88.7 Å². The minimum atomic E-state index is 0.499. The summed E-state index contributed by atoms with van der Waals surface area (Å²) >= 11 is 0. The molecule has 0 aliphatic rings. The fraction of sp³-hybridized carbons (Fsp3) is 0.259. The molecule has 0 saturated carbocycles. The third kappa shape index (κ3) is 6.59. The smallest absolute Gasteiger partial charge is 0.204 e. The molecule has 6 nitrogen and oxygen atoms in total. The molecule has 2 aromatic carbocycles. The number of ether oxygens (including phenoxy) is 1. The van der Waals surface area contributed by atoms with Gasteiger partial charge in [0, 0.05) is 11.8 Å². The summed E-state index contributed by atoms with van der Waals surface area (Å²) in [6, 6.07) is 18.2. The molecule has 2 aromatic heterocycles. The highest BCUT2D eigenvalue weighted by molar-refractivity contribution is 5.71. The topological polar surface area (TPSA) is 76.6 Å². The number of aromatic nitrogens is 5. The molecule has 0 aliphatic heterocycles. The van der Waals surface area contributed by atoms with Gasteiger partial charge >= 0.3 is 0 Å². The van der Waals surface area contributed by atoms with Gasteiger partial charge in [-0.15, -0.1) is 10.2 Å². The Balaban J connectivity index is 0.000000257. The Kier molecular flexibility index (Phi) is 8.47. The monoisotopic (exact) mass is 441 g/mol. The zero-order valence-electron chi connectivity index (χ0n) is 19.9. The third-order valence-corrected chi connectivity index (χ3v) is 5.40. The molecule has 0 bridgehead atoms. The molecule has 0 atom stereocenters. The Bertz CT molecular complexity index is 1150. The van der Waals surface area contributed by atoms with Gasteiger partial charge in [0.15, 0.2) is 0 Å². The van der Waals surface area contributed by atoms with Gasteiger partial charge in [0.05, 0.1) is 12.8 Å². The Hall–Kier alpha value is -3.80. The quantitative estimate of drug-likeness (QED) is 0.390. The van der Waals surface area contributed by atoms with Gasteiger partial charge in [0.1, 0.15) is 5.75 Å². The van der Waals surface area contributed by atoms with Crippen molar-refractivity contribution in [1.82, 2.24) is 25.6 Å². The van der Waals surface area contributed by atoms with Crippen LogP contribution < -0.4 is 4.74 Å². The second-order valence-electron chi connectivity index (χ2n) is 7.96. The number of hydrogen-bond donors (Lipinski definition) is 1. The van der Waals surface area contributed by atoms with Gasteiger partial charge in [-0.2, -0.15) is 5.21 Å². The SMILES string of the molecule is CCc1cccc(OC)c1.Cc1c(C(C)C)ccnc1/C=C/c1ccc(-c2nn[nH]n2)cc1. The number of hydrogen-bond acceptors (Lipinski definition) is 5. The van der Waals surface area contributed by atoms with Crippen LogP contribution in [0, 0.1) is 6.92 Å². The molecule has 0 aliphatic carbocycles. The van der Waals surface area contributed by atoms with Crippen molar-refractivity contribution >= 4 is 12.2 Å². The molecule has 4 rings (SSSR count). The van der Waals surface area contributed by atoms with Gasteiger partial charge in [-0.3, -0.25) is 4.98 Å². The molecule has 33 heavy (non-hydrogen) atoms. The number of aromatic amines is 1. The lowest BCUT2D eigenvalue weighted by molar-refractivity contribution is 0.414. The van der Waals surface area contributed by atoms with E-state index in [4.69, 9.17) is 4.74 Å². The number of pyridine rings is 1. The van der Waals surface area contributed by atoms with Crippen molar-refractivity contribution in [2.24, 2.45) is 0 Å². The highest BCUT2D eigenvalue weighted by Crippen LogP contribution is 2.22. The molecule has 0 radical (unpaired) electrons. The molecule has 6 heteroatoms. The average molecular weight is 442 g/mol. The second-order valence-corrected chi connectivity index (χ2v) is 7.96. The average Bonchev–Trinajstić information content (AvgIpc) is 3.39. The lowest BCUT2D eigenvalue weighted by Crippen LogP contribution is -1.96. The minimum Gasteiger partial charge on any atom is -0.497 e. The van der Waals surface area contributed by atoms with E-state index >= 15 is 0 Å². The number of tetrazole rings is 1. The zero-order chi connectivity index (χ0) is 23.6. The van der Waals surface area contributed by atoms with Crippen LogP contribution in [0.2, 0.25) is 0 Å². The number of methoxy groups -OCH3 is 1. The van der Waals surface area contributed by atoms with Crippen LogP contribution in [0.25, 0.3) is 23.5 Å². The molecule has 2 heterocycles. The number of nitrogens with zero attached hydrogens (tertiary/aromatic N) is 4. The molecule has 170 valence electrons. The molecule has 0 fully saturated rings. The normalized spacial score (nSPS) is 10.8. The fourth-order valence-electron chi connectivity index (χ4n) is 3.46. The number of aryl methyl sites for hydroxylation is 1. The van der Waals surface area contributed by atoms with Crippen LogP contribution in [-0.4, -0.2) is 32.7 Å². The first-order chi connectivity index (χ1) is 16.0. The Labute approximate surface area is 195 Å². The van der Waals surface area contributed by atoms with Gasteiger partial charge in [0.2, 0.25) is 5.82 Å². The fourth-order valence-corrected chi connectivity index (χ4v) is 3.46. The van der Waals surface area contributed by atoms with Gasteiger partial charge < -0.3 is 4.74 Å². The largest absolute Gasteiger partial charge is 0.497 e. The Morgan fingerprint density at radius 3 is 2.45 bits per heavy atom. The van der Waals surface area contributed by atoms with Crippen LogP contribution in [0.4, 0.5) is 0 Å². The van der Waals surface area contributed by atoms with Crippen LogP contribution >= 0.6 is 0 Å². The maximum absolute atomic E-state index is 5.06. The van der Waals surface area contributed by atoms with Crippen LogP contribution in [0.1, 0.15) is 54.6 Å². The molecule has 1 N–H and O–H groups in total. The van der Waals surface area contributed by atoms with Crippen molar-refractivity contribution in [2.45, 2.75) is 40.0 Å². The van der Waals surface area contributed by atoms with E-state index in [1.807, 2.05) is 42.6 Å². The van der Waals surface area contributed by atoms with Gasteiger partial charge in [-0.1, -0.05) is 63.2 Å². The molecule has 0 unspecified atom stereocenters. The second kappa shape index (κ2) is 11.7. The van der Waals surface area contributed by atoms with Crippen molar-refractivity contribution in [3.63, 3.8) is 0 Å². The maximum Gasteiger partial charge on any atom is 0.204 e. The van der Waals surface area contributed by atoms with Crippen molar-refractivity contribution in [2.75, 3.05) is 7.11 Å². The van der Waals surface area contributed by atoms with E-state index in [9.17, 15) is 0 Å².